The largest absolute Gasteiger partial charge is 0.370 e. The van der Waals surface area contributed by atoms with Crippen LogP contribution in [0.3, 0.4) is 0 Å². The van der Waals surface area contributed by atoms with E-state index in [1.807, 2.05) is 24.7 Å². The van der Waals surface area contributed by atoms with Gasteiger partial charge in [-0.2, -0.15) is 5.10 Å². The first-order valence-corrected chi connectivity index (χ1v) is 7.30. The molecule has 22 heavy (non-hydrogen) atoms. The maximum atomic E-state index is 5.96. The maximum absolute atomic E-state index is 5.96. The van der Waals surface area contributed by atoms with Crippen LogP contribution in [0.1, 0.15) is 28.9 Å². The van der Waals surface area contributed by atoms with Crippen LogP contribution in [0.5, 0.6) is 0 Å². The van der Waals surface area contributed by atoms with Gasteiger partial charge in [0.05, 0.1) is 17.9 Å². The Balaban J connectivity index is 0.00000176. The first-order chi connectivity index (χ1) is 10.1. The van der Waals surface area contributed by atoms with Crippen molar-refractivity contribution >= 4 is 35.6 Å². The minimum Gasteiger partial charge on any atom is -0.370 e. The number of aromatic nitrogens is 2. The number of nitrogens with two attached hydrogens (primary N) is 1. The number of anilines is 1. The summed E-state index contributed by atoms with van der Waals surface area (Å²) in [5, 5.41) is 7.46. The van der Waals surface area contributed by atoms with Crippen molar-refractivity contribution in [3.8, 4) is 0 Å². The fourth-order valence-corrected chi connectivity index (χ4v) is 2.82. The smallest absolute Gasteiger partial charge is 0.193 e. The van der Waals surface area contributed by atoms with Crippen LogP contribution < -0.4 is 11.1 Å². The molecule has 3 N–H and O–H groups in total. The molecule has 0 amide bonds. The fourth-order valence-electron chi connectivity index (χ4n) is 2.82. The first-order valence-electron chi connectivity index (χ1n) is 7.30. The van der Waals surface area contributed by atoms with Gasteiger partial charge in [0.15, 0.2) is 5.96 Å². The zero-order valence-electron chi connectivity index (χ0n) is 13.0. The number of aliphatic imine (C=N–C) groups is 1. The number of guanidine groups is 1. The molecule has 1 aliphatic rings. The van der Waals surface area contributed by atoms with E-state index in [1.54, 1.807) is 0 Å². The number of fused-ring (bicyclic) bond motifs is 1. The Morgan fingerprint density at radius 1 is 1.32 bits per heavy atom. The Bertz CT molecular complexity index is 690. The van der Waals surface area contributed by atoms with Crippen LogP contribution in [0.2, 0.25) is 0 Å². The van der Waals surface area contributed by atoms with E-state index in [0.717, 1.165) is 23.5 Å². The summed E-state index contributed by atoms with van der Waals surface area (Å²) in [6, 6.07) is 8.45. The minimum absolute atomic E-state index is 0. The fraction of sp³-hybridized carbons (Fsp3) is 0.375. The molecule has 3 rings (SSSR count). The van der Waals surface area contributed by atoms with Gasteiger partial charge in [0.1, 0.15) is 0 Å². The monoisotopic (exact) mass is 411 g/mol. The number of benzene rings is 1. The Morgan fingerprint density at radius 3 is 2.82 bits per heavy atom. The number of rotatable bonds is 3. The van der Waals surface area contributed by atoms with E-state index >= 15 is 0 Å². The first kappa shape index (κ1) is 16.8. The van der Waals surface area contributed by atoms with Gasteiger partial charge in [0.2, 0.25) is 0 Å². The second kappa shape index (κ2) is 7.13. The standard InChI is InChI=1S/C16H21N5.HI/c1-11-8-15(21(2)20-11)10-18-16(17)19-14-7-6-12-4-3-5-13(12)9-14;/h6-9H,3-5,10H2,1-2H3,(H3,17,18,19);1H. The van der Waals surface area contributed by atoms with E-state index in [-0.39, 0.29) is 24.0 Å². The van der Waals surface area contributed by atoms with Crippen molar-refractivity contribution < 1.29 is 0 Å². The molecule has 2 aromatic rings. The zero-order valence-corrected chi connectivity index (χ0v) is 15.3. The molecule has 0 atom stereocenters. The molecule has 0 saturated carbocycles. The number of halogens is 1. The summed E-state index contributed by atoms with van der Waals surface area (Å²) in [5.74, 6) is 0.437. The van der Waals surface area contributed by atoms with Gasteiger partial charge in [-0.05, 0) is 55.5 Å². The van der Waals surface area contributed by atoms with Crippen LogP contribution in [0, 0.1) is 6.92 Å². The molecule has 0 saturated heterocycles. The van der Waals surface area contributed by atoms with Crippen molar-refractivity contribution in [2.45, 2.75) is 32.7 Å². The summed E-state index contributed by atoms with van der Waals surface area (Å²) in [6.07, 6.45) is 3.61. The van der Waals surface area contributed by atoms with Crippen LogP contribution in [-0.2, 0) is 26.4 Å². The van der Waals surface area contributed by atoms with E-state index in [9.17, 15) is 0 Å². The molecule has 0 unspecified atom stereocenters. The van der Waals surface area contributed by atoms with Crippen molar-refractivity contribution in [2.75, 3.05) is 5.32 Å². The maximum Gasteiger partial charge on any atom is 0.193 e. The van der Waals surface area contributed by atoms with Crippen LogP contribution >= 0.6 is 24.0 Å². The summed E-state index contributed by atoms with van der Waals surface area (Å²) in [5.41, 5.74) is 11.9. The number of hydrogen-bond acceptors (Lipinski definition) is 2. The van der Waals surface area contributed by atoms with E-state index < -0.39 is 0 Å². The Morgan fingerprint density at radius 2 is 2.09 bits per heavy atom. The summed E-state index contributed by atoms with van der Waals surface area (Å²) in [6.45, 7) is 2.50. The molecular formula is C16H22IN5. The van der Waals surface area contributed by atoms with E-state index in [0.29, 0.717) is 12.5 Å². The molecule has 1 aromatic carbocycles. The average molecular weight is 411 g/mol. The van der Waals surface area contributed by atoms with E-state index in [4.69, 9.17) is 5.73 Å². The predicted octanol–water partition coefficient (Wildman–Crippen LogP) is 2.76. The highest BCUT2D eigenvalue weighted by molar-refractivity contribution is 14.0. The van der Waals surface area contributed by atoms with Crippen molar-refractivity contribution in [1.82, 2.24) is 9.78 Å². The van der Waals surface area contributed by atoms with Gasteiger partial charge < -0.3 is 11.1 Å². The highest BCUT2D eigenvalue weighted by Gasteiger charge is 2.10. The van der Waals surface area contributed by atoms with Gasteiger partial charge in [0.25, 0.3) is 0 Å². The summed E-state index contributed by atoms with van der Waals surface area (Å²) < 4.78 is 1.83. The number of hydrogen-bond donors (Lipinski definition) is 2. The molecule has 0 aliphatic heterocycles. The van der Waals surface area contributed by atoms with E-state index in [2.05, 4.69) is 33.6 Å². The molecule has 1 aliphatic carbocycles. The van der Waals surface area contributed by atoms with Crippen LogP contribution in [0.4, 0.5) is 5.69 Å². The molecule has 0 bridgehead atoms. The number of nitrogens with zero attached hydrogens (tertiary/aromatic N) is 3. The van der Waals surface area contributed by atoms with Gasteiger partial charge in [-0.15, -0.1) is 24.0 Å². The molecule has 0 radical (unpaired) electrons. The van der Waals surface area contributed by atoms with Gasteiger partial charge in [-0.3, -0.25) is 4.68 Å². The Labute approximate surface area is 148 Å². The SMILES string of the molecule is Cc1cc(CN=C(N)Nc2ccc3c(c2)CCC3)n(C)n1.I. The highest BCUT2D eigenvalue weighted by atomic mass is 127. The third-order valence-electron chi connectivity index (χ3n) is 3.88. The molecular weight excluding hydrogens is 389 g/mol. The number of aryl methyl sites for hydroxylation is 4. The van der Waals surface area contributed by atoms with Crippen molar-refractivity contribution in [2.24, 2.45) is 17.8 Å². The lowest BCUT2D eigenvalue weighted by Crippen LogP contribution is -2.22. The summed E-state index contributed by atoms with van der Waals surface area (Å²) in [4.78, 5) is 4.38. The van der Waals surface area contributed by atoms with Crippen molar-refractivity contribution in [1.29, 1.82) is 0 Å². The third kappa shape index (κ3) is 3.79. The lowest BCUT2D eigenvalue weighted by molar-refractivity contribution is 0.706. The highest BCUT2D eigenvalue weighted by Crippen LogP contribution is 2.24. The van der Waals surface area contributed by atoms with Gasteiger partial charge >= 0.3 is 0 Å². The van der Waals surface area contributed by atoms with Gasteiger partial charge in [0, 0.05) is 12.7 Å². The molecule has 1 aromatic heterocycles. The second-order valence-corrected chi connectivity index (χ2v) is 5.56. The lowest BCUT2D eigenvalue weighted by atomic mass is 10.1. The van der Waals surface area contributed by atoms with Crippen LogP contribution in [-0.4, -0.2) is 15.7 Å². The zero-order chi connectivity index (χ0) is 14.8. The second-order valence-electron chi connectivity index (χ2n) is 5.56. The minimum atomic E-state index is 0. The number of nitrogens with one attached hydrogen (secondary N) is 1. The quantitative estimate of drug-likeness (QED) is 0.464. The topological polar surface area (TPSA) is 68.2 Å². The van der Waals surface area contributed by atoms with Gasteiger partial charge in [-0.25, -0.2) is 4.99 Å². The third-order valence-corrected chi connectivity index (χ3v) is 3.88. The summed E-state index contributed by atoms with van der Waals surface area (Å²) >= 11 is 0. The van der Waals surface area contributed by atoms with Crippen LogP contribution in [0.15, 0.2) is 29.3 Å². The van der Waals surface area contributed by atoms with Crippen molar-refractivity contribution in [3.63, 3.8) is 0 Å². The molecule has 118 valence electrons. The molecule has 5 nitrogen and oxygen atoms in total. The molecule has 0 fully saturated rings. The Hall–Kier alpha value is -1.57. The predicted molar refractivity (Wildman–Crippen MR) is 101 cm³/mol. The van der Waals surface area contributed by atoms with Gasteiger partial charge in [-0.1, -0.05) is 6.07 Å². The molecule has 0 spiro atoms. The average Bonchev–Trinajstić information content (AvgIpc) is 3.02. The van der Waals surface area contributed by atoms with E-state index in [1.165, 1.54) is 24.0 Å². The lowest BCUT2D eigenvalue weighted by Gasteiger charge is -2.08. The summed E-state index contributed by atoms with van der Waals surface area (Å²) in [7, 11) is 1.92. The Kier molecular flexibility index (Phi) is 5.44. The van der Waals surface area contributed by atoms with Crippen LogP contribution in [0.25, 0.3) is 0 Å². The molecule has 1 heterocycles. The van der Waals surface area contributed by atoms with Crippen molar-refractivity contribution in [3.05, 3.63) is 46.8 Å². The molecule has 6 heteroatoms. The normalized spacial score (nSPS) is 13.6.